The van der Waals surface area contributed by atoms with E-state index >= 15 is 0 Å². The first kappa shape index (κ1) is 48.2. The highest BCUT2D eigenvalue weighted by molar-refractivity contribution is 7.30. The number of hydrogen-bond acceptors (Lipinski definition) is 12. The van der Waals surface area contributed by atoms with E-state index in [4.69, 9.17) is 23.7 Å². The summed E-state index contributed by atoms with van der Waals surface area (Å²) in [6, 6.07) is 16.0. The second-order valence-corrected chi connectivity index (χ2v) is 22.0. The zero-order valence-electron chi connectivity index (χ0n) is 39.8. The third-order valence-electron chi connectivity index (χ3n) is 11.5. The fourth-order valence-electron chi connectivity index (χ4n) is 8.03. The first-order chi connectivity index (χ1) is 31.0. The second-order valence-electron chi connectivity index (χ2n) is 16.8. The highest BCUT2D eigenvalue weighted by Gasteiger charge is 2.29. The predicted molar refractivity (Wildman–Crippen MR) is 276 cm³/mol. The van der Waals surface area contributed by atoms with Crippen LogP contribution in [-0.2, 0) is 27.2 Å². The van der Waals surface area contributed by atoms with Gasteiger partial charge in [-0.1, -0.05) is 12.1 Å². The first-order valence-corrected chi connectivity index (χ1v) is 26.0. The van der Waals surface area contributed by atoms with Crippen LogP contribution in [0.3, 0.4) is 0 Å². The molecule has 7 rings (SSSR count). The number of carbonyl (C=O) groups excluding carboxylic acids is 2. The number of thiophene rings is 5. The van der Waals surface area contributed by atoms with Gasteiger partial charge < -0.3 is 23.7 Å². The van der Waals surface area contributed by atoms with Gasteiger partial charge in [-0.2, -0.15) is 0 Å². The molecule has 342 valence electrons. The van der Waals surface area contributed by atoms with Gasteiger partial charge in [0.2, 0.25) is 0 Å². The summed E-state index contributed by atoms with van der Waals surface area (Å²) in [7, 11) is 3.36. The van der Waals surface area contributed by atoms with Crippen LogP contribution in [0.15, 0.2) is 48.5 Å². The van der Waals surface area contributed by atoms with Crippen LogP contribution in [-0.4, -0.2) is 44.8 Å². The SMILES string of the molecule is CCOC(=O)Cc1cc(-c2c(OC)cccc2OC(C)C)sc1-c1sc(-c2sc(-c3sc(-c4sc(-c5c(OC)cccc5OC(C)C)cc4CC(C)=O)c(C)c3C)c(C)c2C)c(C)c1C. The van der Waals surface area contributed by atoms with E-state index in [9.17, 15) is 9.59 Å². The quantitative estimate of drug-likeness (QED) is 0.0841. The maximum absolute atomic E-state index is 13.1. The van der Waals surface area contributed by atoms with Crippen LogP contribution in [0.1, 0.15) is 86.1 Å². The predicted octanol–water partition coefficient (Wildman–Crippen LogP) is 15.7. The Balaban J connectivity index is 1.34. The Morgan fingerprint density at radius 2 is 0.846 bits per heavy atom. The van der Waals surface area contributed by atoms with Gasteiger partial charge in [0.25, 0.3) is 0 Å². The number of benzene rings is 2. The zero-order valence-corrected chi connectivity index (χ0v) is 43.9. The van der Waals surface area contributed by atoms with Crippen LogP contribution in [0.25, 0.3) is 59.9 Å². The van der Waals surface area contributed by atoms with E-state index in [1.807, 2.05) is 93.7 Å². The molecular formula is C53H58O7S5. The van der Waals surface area contributed by atoms with Crippen molar-refractivity contribution in [3.63, 3.8) is 0 Å². The molecule has 12 heteroatoms. The molecule has 5 aromatic heterocycles. The number of hydrogen-bond donors (Lipinski definition) is 0. The Morgan fingerprint density at radius 3 is 1.17 bits per heavy atom. The van der Waals surface area contributed by atoms with Gasteiger partial charge >= 0.3 is 5.97 Å². The third kappa shape index (κ3) is 9.61. The zero-order chi connectivity index (χ0) is 47.0. The summed E-state index contributed by atoms with van der Waals surface area (Å²) in [5.74, 6) is 2.82. The second kappa shape index (κ2) is 20.0. The van der Waals surface area contributed by atoms with E-state index in [1.165, 1.54) is 57.8 Å². The van der Waals surface area contributed by atoms with Crippen molar-refractivity contribution in [2.24, 2.45) is 0 Å². The summed E-state index contributed by atoms with van der Waals surface area (Å²) in [4.78, 5) is 37.4. The molecule has 0 saturated carbocycles. The molecule has 0 fully saturated rings. The van der Waals surface area contributed by atoms with Crippen molar-refractivity contribution in [1.29, 1.82) is 0 Å². The van der Waals surface area contributed by atoms with Gasteiger partial charge in [0, 0.05) is 55.2 Å². The maximum Gasteiger partial charge on any atom is 0.310 e. The number of esters is 1. The largest absolute Gasteiger partial charge is 0.496 e. The summed E-state index contributed by atoms with van der Waals surface area (Å²) < 4.78 is 29.9. The lowest BCUT2D eigenvalue weighted by atomic mass is 10.0. The summed E-state index contributed by atoms with van der Waals surface area (Å²) in [5.41, 5.74) is 11.2. The number of carbonyl (C=O) groups is 2. The number of methoxy groups -OCH3 is 2. The molecule has 0 aliphatic carbocycles. The van der Waals surface area contributed by atoms with Crippen LogP contribution >= 0.6 is 56.7 Å². The van der Waals surface area contributed by atoms with E-state index in [2.05, 4.69) is 53.7 Å². The molecule has 0 bridgehead atoms. The van der Waals surface area contributed by atoms with Gasteiger partial charge in [0.05, 0.1) is 50.6 Å². The van der Waals surface area contributed by atoms with Crippen molar-refractivity contribution in [3.05, 3.63) is 93.0 Å². The van der Waals surface area contributed by atoms with Crippen molar-refractivity contribution in [3.8, 4) is 82.9 Å². The van der Waals surface area contributed by atoms with Crippen LogP contribution in [0.5, 0.6) is 23.0 Å². The van der Waals surface area contributed by atoms with E-state index in [1.54, 1.807) is 55.2 Å². The third-order valence-corrected chi connectivity index (χ3v) is 18.7. The molecule has 7 nitrogen and oxygen atoms in total. The Kier molecular flexibility index (Phi) is 14.9. The maximum atomic E-state index is 13.1. The van der Waals surface area contributed by atoms with E-state index in [0.717, 1.165) is 63.9 Å². The standard InChI is InChI=1S/C53H58O7S5/c1-15-58-43(55)25-36-24-42(45-38(57-14)19-17-21-40(45)60-27(4)5)62-53(36)51-34(12)32(10)49(65-51)47-30(8)29(7)46(63-47)48-31(9)33(11)50(64-48)52-35(22-28(6)54)23-41(61-52)44-37(56-13)18-16-20-39(44)59-26(2)3/h16-21,23-24,26-27H,15,22,25H2,1-14H3. The van der Waals surface area contributed by atoms with E-state index in [0.29, 0.717) is 18.8 Å². The molecule has 0 aliphatic rings. The lowest BCUT2D eigenvalue weighted by molar-refractivity contribution is -0.142. The summed E-state index contributed by atoms with van der Waals surface area (Å²) in [6.45, 7) is 25.2. The van der Waals surface area contributed by atoms with Crippen molar-refractivity contribution in [1.82, 2.24) is 0 Å². The molecule has 0 radical (unpaired) electrons. The lowest BCUT2D eigenvalue weighted by Gasteiger charge is -2.16. The van der Waals surface area contributed by atoms with Crippen molar-refractivity contribution >= 4 is 68.4 Å². The van der Waals surface area contributed by atoms with Gasteiger partial charge in [-0.15, -0.1) is 56.7 Å². The molecule has 0 unspecified atom stereocenters. The molecule has 0 spiro atoms. The minimum Gasteiger partial charge on any atom is -0.496 e. The van der Waals surface area contributed by atoms with Crippen molar-refractivity contribution < 1.29 is 33.3 Å². The van der Waals surface area contributed by atoms with Crippen LogP contribution in [0, 0.1) is 41.5 Å². The molecule has 0 amide bonds. The minimum absolute atomic E-state index is 0.0160. The topological polar surface area (TPSA) is 80.3 Å². The highest BCUT2D eigenvalue weighted by atomic mass is 32.1. The smallest absolute Gasteiger partial charge is 0.310 e. The molecule has 65 heavy (non-hydrogen) atoms. The van der Waals surface area contributed by atoms with Crippen molar-refractivity contribution in [2.45, 2.75) is 108 Å². The fourth-order valence-corrected chi connectivity index (χ4v) is 15.4. The molecule has 0 N–H and O–H groups in total. The molecule has 0 atom stereocenters. The van der Waals surface area contributed by atoms with Crippen LogP contribution in [0.2, 0.25) is 0 Å². The summed E-state index contributed by atoms with van der Waals surface area (Å²) in [5, 5.41) is 0. The summed E-state index contributed by atoms with van der Waals surface area (Å²) >= 11 is 8.83. The number of ether oxygens (including phenoxy) is 5. The first-order valence-electron chi connectivity index (χ1n) is 21.9. The fraction of sp³-hybridized carbons (Fsp3) is 0.358. The van der Waals surface area contributed by atoms with E-state index in [-0.39, 0.29) is 30.4 Å². The Labute approximate surface area is 404 Å². The van der Waals surface area contributed by atoms with Gasteiger partial charge in [0.1, 0.15) is 28.8 Å². The Morgan fingerprint density at radius 1 is 0.508 bits per heavy atom. The van der Waals surface area contributed by atoms with Crippen LogP contribution < -0.4 is 18.9 Å². The highest BCUT2D eigenvalue weighted by Crippen LogP contribution is 2.56. The Hall–Kier alpha value is -4.72. The molecule has 5 heterocycles. The van der Waals surface area contributed by atoms with Gasteiger partial charge in [0.15, 0.2) is 0 Å². The van der Waals surface area contributed by atoms with Crippen LogP contribution in [0.4, 0.5) is 0 Å². The minimum atomic E-state index is -0.254. The average Bonchev–Trinajstić information content (AvgIpc) is 4.05. The molecule has 7 aromatic rings. The van der Waals surface area contributed by atoms with Gasteiger partial charge in [-0.25, -0.2) is 0 Å². The monoisotopic (exact) mass is 966 g/mol. The van der Waals surface area contributed by atoms with Gasteiger partial charge in [-0.05, 0) is 164 Å². The Bertz CT molecular complexity index is 2890. The van der Waals surface area contributed by atoms with E-state index < -0.39 is 0 Å². The average molecular weight is 967 g/mol. The normalized spacial score (nSPS) is 11.5. The number of rotatable bonds is 17. The molecular weight excluding hydrogens is 909 g/mol. The number of ketones is 1. The van der Waals surface area contributed by atoms with Crippen molar-refractivity contribution in [2.75, 3.05) is 20.8 Å². The molecule has 0 aliphatic heterocycles. The molecule has 0 saturated heterocycles. The summed E-state index contributed by atoms with van der Waals surface area (Å²) in [6.07, 6.45) is 0.452. The number of Topliss-reactive ketones (excluding diaryl/α,β-unsaturated/α-hetero) is 1. The molecule has 2 aromatic carbocycles. The van der Waals surface area contributed by atoms with Gasteiger partial charge in [-0.3, -0.25) is 9.59 Å². The lowest BCUT2D eigenvalue weighted by Crippen LogP contribution is -2.07.